The molecule has 0 bridgehead atoms. The number of rotatable bonds is 6. The lowest BCUT2D eigenvalue weighted by molar-refractivity contribution is 0.0685. The Morgan fingerprint density at radius 1 is 1.36 bits per heavy atom. The van der Waals surface area contributed by atoms with Crippen molar-refractivity contribution in [1.29, 1.82) is 0 Å². The van der Waals surface area contributed by atoms with Crippen LogP contribution in [0.3, 0.4) is 0 Å². The fourth-order valence-corrected chi connectivity index (χ4v) is 4.43. The Balaban J connectivity index is 2.11. The number of aromatic nitrogens is 2. The Kier molecular flexibility index (Phi) is 5.16. The number of hydrogen-bond donors (Lipinski definition) is 1. The monoisotopic (exact) mass is 376 g/mol. The maximum absolute atomic E-state index is 11.7. The summed E-state index contributed by atoms with van der Waals surface area (Å²) in [5, 5.41) is 13.0. The number of aryl methyl sites for hydroxylation is 3. The molecule has 2 aromatic heterocycles. The van der Waals surface area contributed by atoms with Gasteiger partial charge in [-0.25, -0.2) is 9.78 Å². The van der Waals surface area contributed by atoms with Gasteiger partial charge in [0.25, 0.3) is 0 Å². The number of thiophene rings is 1. The van der Waals surface area contributed by atoms with E-state index in [1.54, 1.807) is 15.9 Å². The van der Waals surface area contributed by atoms with Crippen molar-refractivity contribution < 1.29 is 9.90 Å². The average molecular weight is 377 g/mol. The van der Waals surface area contributed by atoms with E-state index in [0.717, 1.165) is 30.7 Å². The minimum absolute atomic E-state index is 0.0750. The first-order valence-corrected chi connectivity index (χ1v) is 9.64. The van der Waals surface area contributed by atoms with Gasteiger partial charge in [-0.1, -0.05) is 31.0 Å². The maximum Gasteiger partial charge on any atom is 0.355 e. The number of hydrogen-bond acceptors (Lipinski definition) is 3. The molecule has 0 aliphatic rings. The molecule has 3 rings (SSSR count). The smallest absolute Gasteiger partial charge is 0.355 e. The van der Waals surface area contributed by atoms with Gasteiger partial charge in [0, 0.05) is 16.5 Å². The normalized spacial score (nSPS) is 11.4. The van der Waals surface area contributed by atoms with Crippen LogP contribution in [0, 0.1) is 13.8 Å². The van der Waals surface area contributed by atoms with E-state index in [1.807, 2.05) is 0 Å². The first-order valence-electron chi connectivity index (χ1n) is 8.38. The molecule has 3 aromatic rings. The fourth-order valence-electron chi connectivity index (χ4n) is 3.14. The Bertz CT molecular complexity index is 943. The highest BCUT2D eigenvalue weighted by atomic mass is 35.5. The summed E-state index contributed by atoms with van der Waals surface area (Å²) < 4.78 is 2.99. The highest BCUT2D eigenvalue weighted by Crippen LogP contribution is 2.32. The fraction of sp³-hybridized carbons (Fsp3) is 0.368. The molecule has 0 fully saturated rings. The van der Waals surface area contributed by atoms with E-state index in [0.29, 0.717) is 6.54 Å². The summed E-state index contributed by atoms with van der Waals surface area (Å²) in [6.45, 7) is 6.79. The van der Waals surface area contributed by atoms with Gasteiger partial charge in [0.1, 0.15) is 5.82 Å². The number of fused-ring (bicyclic) bond motifs is 1. The van der Waals surface area contributed by atoms with Gasteiger partial charge >= 0.3 is 5.97 Å². The third kappa shape index (κ3) is 3.31. The molecular formula is C19H21ClN2O2S. The lowest BCUT2D eigenvalue weighted by Gasteiger charge is -2.11. The van der Waals surface area contributed by atoms with E-state index in [-0.39, 0.29) is 10.8 Å². The van der Waals surface area contributed by atoms with Crippen molar-refractivity contribution >= 4 is 39.0 Å². The summed E-state index contributed by atoms with van der Waals surface area (Å²) in [5.41, 5.74) is 3.68. The van der Waals surface area contributed by atoms with Crippen molar-refractivity contribution in [3.05, 3.63) is 50.9 Å². The van der Waals surface area contributed by atoms with Crippen LogP contribution >= 0.6 is 22.9 Å². The second-order valence-electron chi connectivity index (χ2n) is 6.30. The van der Waals surface area contributed by atoms with Crippen LogP contribution in [0.4, 0.5) is 0 Å². The van der Waals surface area contributed by atoms with Gasteiger partial charge in [-0.3, -0.25) is 0 Å². The van der Waals surface area contributed by atoms with Gasteiger partial charge < -0.3 is 9.67 Å². The highest BCUT2D eigenvalue weighted by molar-refractivity contribution is 7.17. The van der Waals surface area contributed by atoms with Crippen LogP contribution in [0.2, 0.25) is 5.15 Å². The summed E-state index contributed by atoms with van der Waals surface area (Å²) in [5.74, 6) is -0.290. The number of aromatic carboxylic acids is 1. The predicted molar refractivity (Wildman–Crippen MR) is 103 cm³/mol. The highest BCUT2D eigenvalue weighted by Gasteiger charge is 2.22. The van der Waals surface area contributed by atoms with Crippen LogP contribution in [0.5, 0.6) is 0 Å². The van der Waals surface area contributed by atoms with Crippen LogP contribution in [0.1, 0.15) is 52.8 Å². The minimum Gasteiger partial charge on any atom is -0.476 e. The lowest BCUT2D eigenvalue weighted by Crippen LogP contribution is -2.13. The number of nitrogens with zero attached hydrogens (tertiary/aromatic N) is 2. The van der Waals surface area contributed by atoms with E-state index >= 15 is 0 Å². The number of imidazole rings is 1. The lowest BCUT2D eigenvalue weighted by atomic mass is 10.0. The van der Waals surface area contributed by atoms with Gasteiger partial charge in [-0.05, 0) is 48.4 Å². The SMILES string of the molecule is CCCCc1nc(Cl)c(C(=O)O)n1Cc1csc2ccc(C)c(C)c12. The first-order chi connectivity index (χ1) is 11.9. The van der Waals surface area contributed by atoms with Crippen molar-refractivity contribution in [1.82, 2.24) is 9.55 Å². The molecule has 2 heterocycles. The molecule has 25 heavy (non-hydrogen) atoms. The average Bonchev–Trinajstić information content (AvgIpc) is 3.11. The van der Waals surface area contributed by atoms with Crippen LogP contribution in [0.25, 0.3) is 10.1 Å². The number of carboxylic acid groups (broad SMARTS) is 1. The Morgan fingerprint density at radius 3 is 2.80 bits per heavy atom. The summed E-state index contributed by atoms with van der Waals surface area (Å²) in [4.78, 5) is 16.0. The molecule has 1 aromatic carbocycles. The van der Waals surface area contributed by atoms with Crippen LogP contribution < -0.4 is 0 Å². The largest absolute Gasteiger partial charge is 0.476 e. The van der Waals surface area contributed by atoms with E-state index in [4.69, 9.17) is 11.6 Å². The molecule has 0 unspecified atom stereocenters. The van der Waals surface area contributed by atoms with Crippen molar-refractivity contribution in [3.8, 4) is 0 Å². The zero-order valence-electron chi connectivity index (χ0n) is 14.6. The Morgan fingerprint density at radius 2 is 2.12 bits per heavy atom. The predicted octanol–water partition coefficient (Wildman–Crippen LogP) is 5.46. The van der Waals surface area contributed by atoms with Gasteiger partial charge in [-0.2, -0.15) is 0 Å². The van der Waals surface area contributed by atoms with Crippen molar-refractivity contribution in [2.75, 3.05) is 0 Å². The number of carbonyl (C=O) groups is 1. The second kappa shape index (κ2) is 7.18. The molecule has 0 saturated carbocycles. The quantitative estimate of drug-likeness (QED) is 0.621. The van der Waals surface area contributed by atoms with E-state index in [2.05, 4.69) is 43.3 Å². The molecule has 0 spiro atoms. The minimum atomic E-state index is -1.03. The van der Waals surface area contributed by atoms with Crippen LogP contribution in [0.15, 0.2) is 17.5 Å². The van der Waals surface area contributed by atoms with Crippen LogP contribution in [-0.4, -0.2) is 20.6 Å². The number of halogens is 1. The molecule has 0 saturated heterocycles. The topological polar surface area (TPSA) is 55.1 Å². The van der Waals surface area contributed by atoms with E-state index in [9.17, 15) is 9.90 Å². The first kappa shape index (κ1) is 18.0. The van der Waals surface area contributed by atoms with E-state index < -0.39 is 5.97 Å². The summed E-state index contributed by atoms with van der Waals surface area (Å²) >= 11 is 7.82. The molecular weight excluding hydrogens is 356 g/mol. The Hall–Kier alpha value is -1.85. The number of carboxylic acids is 1. The summed E-state index contributed by atoms with van der Waals surface area (Å²) in [6, 6.07) is 4.25. The molecule has 1 N–H and O–H groups in total. The molecule has 0 radical (unpaired) electrons. The van der Waals surface area contributed by atoms with Crippen molar-refractivity contribution in [2.45, 2.75) is 46.6 Å². The van der Waals surface area contributed by atoms with Gasteiger partial charge in [0.05, 0.1) is 6.54 Å². The Labute approximate surface area is 156 Å². The van der Waals surface area contributed by atoms with Gasteiger partial charge in [0.2, 0.25) is 0 Å². The van der Waals surface area contributed by atoms with Gasteiger partial charge in [0.15, 0.2) is 10.8 Å². The zero-order chi connectivity index (χ0) is 18.1. The maximum atomic E-state index is 11.7. The molecule has 0 aliphatic carbocycles. The number of unbranched alkanes of at least 4 members (excludes halogenated alkanes) is 1. The standard InChI is InChI=1S/C19H21ClN2O2S/c1-4-5-6-15-21-18(20)17(19(23)24)22(15)9-13-10-25-14-8-7-11(2)12(3)16(13)14/h7-8,10H,4-6,9H2,1-3H3,(H,23,24). The third-order valence-electron chi connectivity index (χ3n) is 4.64. The summed E-state index contributed by atoms with van der Waals surface area (Å²) in [7, 11) is 0. The van der Waals surface area contributed by atoms with Crippen molar-refractivity contribution in [3.63, 3.8) is 0 Å². The molecule has 0 aliphatic heterocycles. The molecule has 132 valence electrons. The van der Waals surface area contributed by atoms with Crippen LogP contribution in [-0.2, 0) is 13.0 Å². The van der Waals surface area contributed by atoms with Crippen molar-refractivity contribution in [2.24, 2.45) is 0 Å². The second-order valence-corrected chi connectivity index (χ2v) is 7.57. The summed E-state index contributed by atoms with van der Waals surface area (Å²) in [6.07, 6.45) is 2.70. The van der Waals surface area contributed by atoms with Gasteiger partial charge in [-0.15, -0.1) is 11.3 Å². The molecule has 6 heteroatoms. The number of benzene rings is 1. The molecule has 4 nitrogen and oxygen atoms in total. The third-order valence-corrected chi connectivity index (χ3v) is 5.90. The molecule has 0 amide bonds. The van der Waals surface area contributed by atoms with E-state index in [1.165, 1.54) is 21.2 Å². The zero-order valence-corrected chi connectivity index (χ0v) is 16.2. The molecule has 0 atom stereocenters.